The van der Waals surface area contributed by atoms with Crippen molar-refractivity contribution in [2.45, 2.75) is 27.2 Å². The van der Waals surface area contributed by atoms with Gasteiger partial charge in [-0.25, -0.2) is 4.39 Å². The molecule has 0 aliphatic heterocycles. The Morgan fingerprint density at radius 2 is 2.08 bits per heavy atom. The highest BCUT2D eigenvalue weighted by molar-refractivity contribution is 14.0. The molecule has 26 heavy (non-hydrogen) atoms. The Morgan fingerprint density at radius 3 is 2.73 bits per heavy atom. The molecule has 0 aliphatic carbocycles. The van der Waals surface area contributed by atoms with E-state index in [1.165, 1.54) is 12.1 Å². The molecule has 0 atom stereocenters. The lowest BCUT2D eigenvalue weighted by atomic mass is 9.93. The van der Waals surface area contributed by atoms with Gasteiger partial charge in [0.1, 0.15) is 5.82 Å². The van der Waals surface area contributed by atoms with Crippen molar-refractivity contribution in [2.75, 3.05) is 19.6 Å². The van der Waals surface area contributed by atoms with Crippen LogP contribution >= 0.6 is 24.0 Å². The number of guanidine groups is 1. The normalized spacial score (nSPS) is 11.9. The van der Waals surface area contributed by atoms with Crippen LogP contribution in [0.4, 0.5) is 4.39 Å². The van der Waals surface area contributed by atoms with Crippen molar-refractivity contribution in [3.63, 3.8) is 0 Å². The van der Waals surface area contributed by atoms with Crippen molar-refractivity contribution in [1.82, 2.24) is 15.6 Å². The molecule has 6 nitrogen and oxygen atoms in total. The van der Waals surface area contributed by atoms with Crippen LogP contribution in [0.3, 0.4) is 0 Å². The third-order valence-electron chi connectivity index (χ3n) is 4.06. The van der Waals surface area contributed by atoms with Gasteiger partial charge in [-0.15, -0.1) is 24.0 Å². The largest absolute Gasteiger partial charge is 0.369 e. The summed E-state index contributed by atoms with van der Waals surface area (Å²) in [5.41, 5.74) is 6.59. The lowest BCUT2D eigenvalue weighted by Crippen LogP contribution is -2.40. The molecule has 0 spiro atoms. The maximum atomic E-state index is 13.2. The van der Waals surface area contributed by atoms with E-state index in [1.807, 2.05) is 13.1 Å². The molecule has 0 radical (unpaired) electrons. The first kappa shape index (κ1) is 22.2. The molecule has 1 aromatic carbocycles. The van der Waals surface area contributed by atoms with Crippen molar-refractivity contribution in [3.8, 4) is 0 Å². The number of nitrogens with one attached hydrogen (secondary N) is 3. The van der Waals surface area contributed by atoms with E-state index in [9.17, 15) is 9.18 Å². The van der Waals surface area contributed by atoms with E-state index >= 15 is 0 Å². The van der Waals surface area contributed by atoms with Gasteiger partial charge in [0, 0.05) is 30.2 Å². The first-order chi connectivity index (χ1) is 11.8. The van der Waals surface area contributed by atoms with Crippen molar-refractivity contribution < 1.29 is 9.18 Å². The molecule has 1 amide bonds. The number of carbonyl (C=O) groups is 1. The van der Waals surface area contributed by atoms with Gasteiger partial charge in [0.05, 0.1) is 12.0 Å². The zero-order valence-corrected chi connectivity index (χ0v) is 17.7. The number of rotatable bonds is 7. The SMILES string of the molecule is CCNC(=NCC(C)(C)C(N)=O)NCCc1c[nH]c2cc(F)ccc12.I. The fraction of sp³-hybridized carbons (Fsp3) is 0.444. The number of aromatic amines is 1. The zero-order valence-electron chi connectivity index (χ0n) is 15.4. The number of halogens is 2. The van der Waals surface area contributed by atoms with Crippen LogP contribution < -0.4 is 16.4 Å². The smallest absolute Gasteiger partial charge is 0.224 e. The molecule has 1 heterocycles. The van der Waals surface area contributed by atoms with Gasteiger partial charge >= 0.3 is 0 Å². The number of hydrogen-bond acceptors (Lipinski definition) is 2. The molecule has 0 unspecified atom stereocenters. The lowest BCUT2D eigenvalue weighted by molar-refractivity contribution is -0.125. The summed E-state index contributed by atoms with van der Waals surface area (Å²) >= 11 is 0. The van der Waals surface area contributed by atoms with Crippen LogP contribution in [0.2, 0.25) is 0 Å². The minimum atomic E-state index is -0.691. The Bertz CT molecular complexity index is 772. The van der Waals surface area contributed by atoms with Crippen LogP contribution in [0.25, 0.3) is 10.9 Å². The minimum absolute atomic E-state index is 0. The molecule has 0 aliphatic rings. The first-order valence-corrected chi connectivity index (χ1v) is 8.41. The van der Waals surface area contributed by atoms with E-state index in [4.69, 9.17) is 5.73 Å². The van der Waals surface area contributed by atoms with Crippen molar-refractivity contribution in [1.29, 1.82) is 0 Å². The van der Waals surface area contributed by atoms with Gasteiger partial charge < -0.3 is 21.4 Å². The van der Waals surface area contributed by atoms with E-state index in [2.05, 4.69) is 20.6 Å². The van der Waals surface area contributed by atoms with Gasteiger partial charge in [-0.1, -0.05) is 0 Å². The number of aliphatic imine (C=N–C) groups is 1. The number of nitrogens with two attached hydrogens (primary N) is 1. The van der Waals surface area contributed by atoms with Crippen LogP contribution in [-0.2, 0) is 11.2 Å². The Morgan fingerprint density at radius 1 is 1.35 bits per heavy atom. The van der Waals surface area contributed by atoms with Crippen LogP contribution in [-0.4, -0.2) is 36.5 Å². The van der Waals surface area contributed by atoms with Gasteiger partial charge in [0.2, 0.25) is 5.91 Å². The van der Waals surface area contributed by atoms with E-state index in [0.717, 1.165) is 29.4 Å². The summed E-state index contributed by atoms with van der Waals surface area (Å²) in [5, 5.41) is 7.41. The Labute approximate surface area is 170 Å². The van der Waals surface area contributed by atoms with E-state index in [1.54, 1.807) is 19.9 Å². The third kappa shape index (κ3) is 5.86. The summed E-state index contributed by atoms with van der Waals surface area (Å²) in [5.74, 6) is 0.0125. The van der Waals surface area contributed by atoms with Gasteiger partial charge in [-0.3, -0.25) is 9.79 Å². The van der Waals surface area contributed by atoms with Crippen molar-refractivity contribution in [3.05, 3.63) is 35.8 Å². The number of primary amides is 1. The number of aromatic nitrogens is 1. The number of fused-ring (bicyclic) bond motifs is 1. The minimum Gasteiger partial charge on any atom is -0.369 e. The quantitative estimate of drug-likeness (QED) is 0.282. The average Bonchev–Trinajstić information content (AvgIpc) is 2.94. The maximum Gasteiger partial charge on any atom is 0.224 e. The fourth-order valence-electron chi connectivity index (χ4n) is 2.38. The van der Waals surface area contributed by atoms with Gasteiger partial charge in [-0.2, -0.15) is 0 Å². The van der Waals surface area contributed by atoms with Crippen LogP contribution in [0.1, 0.15) is 26.3 Å². The average molecular weight is 475 g/mol. The van der Waals surface area contributed by atoms with E-state index < -0.39 is 5.41 Å². The second-order valence-corrected chi connectivity index (χ2v) is 6.62. The van der Waals surface area contributed by atoms with Crippen LogP contribution in [0, 0.1) is 11.2 Å². The highest BCUT2D eigenvalue weighted by Crippen LogP contribution is 2.19. The number of nitrogens with zero attached hydrogens (tertiary/aromatic N) is 1. The second kappa shape index (κ2) is 9.75. The molecule has 5 N–H and O–H groups in total. The first-order valence-electron chi connectivity index (χ1n) is 8.41. The third-order valence-corrected chi connectivity index (χ3v) is 4.06. The number of carbonyl (C=O) groups excluding carboxylic acids is 1. The number of benzene rings is 1. The summed E-state index contributed by atoms with van der Waals surface area (Å²) in [7, 11) is 0. The Hall–Kier alpha value is -1.84. The molecule has 0 saturated carbocycles. The number of hydrogen-bond donors (Lipinski definition) is 4. The highest BCUT2D eigenvalue weighted by atomic mass is 127. The molecule has 8 heteroatoms. The molecule has 144 valence electrons. The fourth-order valence-corrected chi connectivity index (χ4v) is 2.38. The summed E-state index contributed by atoms with van der Waals surface area (Å²) in [6.07, 6.45) is 2.65. The van der Waals surface area contributed by atoms with Crippen LogP contribution in [0.5, 0.6) is 0 Å². The topological polar surface area (TPSA) is 95.3 Å². The van der Waals surface area contributed by atoms with Gasteiger partial charge in [-0.05, 0) is 51.0 Å². The van der Waals surface area contributed by atoms with Crippen molar-refractivity contribution >= 4 is 46.7 Å². The predicted octanol–water partition coefficient (Wildman–Crippen LogP) is 2.53. The summed E-state index contributed by atoms with van der Waals surface area (Å²) in [4.78, 5) is 18.9. The maximum absolute atomic E-state index is 13.2. The van der Waals surface area contributed by atoms with E-state index in [0.29, 0.717) is 19.0 Å². The van der Waals surface area contributed by atoms with Crippen molar-refractivity contribution in [2.24, 2.45) is 16.1 Å². The molecular formula is C18H27FIN5O. The Kier molecular flexibility index (Phi) is 8.32. The molecular weight excluding hydrogens is 448 g/mol. The van der Waals surface area contributed by atoms with Crippen LogP contribution in [0.15, 0.2) is 29.4 Å². The molecule has 2 aromatic rings. The molecule has 0 saturated heterocycles. The predicted molar refractivity (Wildman–Crippen MR) is 114 cm³/mol. The standard InChI is InChI=1S/C18H26FN5O.HI/c1-4-21-17(24-11-18(2,3)16(20)25)22-8-7-12-10-23-15-9-13(19)5-6-14(12)15;/h5-6,9-10,23H,4,7-8,11H2,1-3H3,(H2,20,25)(H2,21,22,24);1H. The van der Waals surface area contributed by atoms with Gasteiger partial charge in [0.25, 0.3) is 0 Å². The summed E-state index contributed by atoms with van der Waals surface area (Å²) in [6.45, 7) is 7.21. The highest BCUT2D eigenvalue weighted by Gasteiger charge is 2.24. The number of amides is 1. The summed E-state index contributed by atoms with van der Waals surface area (Å²) in [6, 6.07) is 4.74. The molecule has 0 bridgehead atoms. The van der Waals surface area contributed by atoms with E-state index in [-0.39, 0.29) is 35.7 Å². The Balaban J connectivity index is 0.00000338. The second-order valence-electron chi connectivity index (χ2n) is 6.62. The monoisotopic (exact) mass is 475 g/mol. The number of H-pyrrole nitrogens is 1. The van der Waals surface area contributed by atoms with Gasteiger partial charge in [0.15, 0.2) is 5.96 Å². The summed E-state index contributed by atoms with van der Waals surface area (Å²) < 4.78 is 13.2. The molecule has 2 rings (SSSR count). The lowest BCUT2D eigenvalue weighted by Gasteiger charge is -2.19. The molecule has 0 fully saturated rings. The zero-order chi connectivity index (χ0) is 18.4. The molecule has 1 aromatic heterocycles.